The molecule has 0 aromatic heterocycles. The molecular weight excluding hydrogens is 379 g/mol. The van der Waals surface area contributed by atoms with E-state index in [1.165, 1.54) is 14.2 Å². The van der Waals surface area contributed by atoms with Crippen LogP contribution in [0, 0.1) is 0 Å². The average molecular weight is 392 g/mol. The van der Waals surface area contributed by atoms with Gasteiger partial charge in [0.15, 0.2) is 0 Å². The van der Waals surface area contributed by atoms with Crippen LogP contribution in [0.25, 0.3) is 0 Å². The highest BCUT2D eigenvalue weighted by Gasteiger charge is 2.21. The topological polar surface area (TPSA) is 38.7 Å². The zero-order chi connectivity index (χ0) is 15.6. The Morgan fingerprint density at radius 1 is 1.00 bits per heavy atom. The first-order valence-corrected chi connectivity index (χ1v) is 7.57. The van der Waals surface area contributed by atoms with Crippen LogP contribution in [0.5, 0.6) is 11.5 Å². The molecule has 2 aromatic carbocycles. The molecule has 1 unspecified atom stereocenters. The Balaban J connectivity index is 2.57. The van der Waals surface area contributed by atoms with Gasteiger partial charge in [-0.05, 0) is 40.2 Å². The Kier molecular flexibility index (Phi) is 5.38. The zero-order valence-corrected chi connectivity index (χ0v) is 14.5. The van der Waals surface area contributed by atoms with Crippen molar-refractivity contribution in [3.05, 3.63) is 56.0 Å². The van der Waals surface area contributed by atoms with E-state index in [4.69, 9.17) is 32.7 Å². The van der Waals surface area contributed by atoms with E-state index in [0.29, 0.717) is 37.1 Å². The van der Waals surface area contributed by atoms with Crippen molar-refractivity contribution in [1.29, 1.82) is 0 Å². The third kappa shape index (κ3) is 3.46. The Labute approximate surface area is 141 Å². The molecule has 0 radical (unpaired) electrons. The minimum Gasteiger partial charge on any atom is -0.496 e. The second-order valence-electron chi connectivity index (χ2n) is 4.30. The highest BCUT2D eigenvalue weighted by molar-refractivity contribution is 9.10. The number of methoxy groups -OCH3 is 2. The summed E-state index contributed by atoms with van der Waals surface area (Å²) in [6, 6.07) is 8.40. The Hall–Kier alpha value is -0.940. The first kappa shape index (κ1) is 16.4. The molecule has 0 fully saturated rings. The van der Waals surface area contributed by atoms with Crippen LogP contribution in [-0.4, -0.2) is 19.3 Å². The largest absolute Gasteiger partial charge is 0.496 e. The average Bonchev–Trinajstić information content (AvgIpc) is 2.45. The maximum atomic E-state index is 10.7. The van der Waals surface area contributed by atoms with E-state index in [1.54, 1.807) is 30.3 Å². The number of aliphatic hydroxyl groups excluding tert-OH is 1. The van der Waals surface area contributed by atoms with Gasteiger partial charge in [-0.15, -0.1) is 0 Å². The van der Waals surface area contributed by atoms with E-state index in [0.717, 1.165) is 0 Å². The summed E-state index contributed by atoms with van der Waals surface area (Å²) in [6.07, 6.45) is -0.956. The number of hydrogen-bond donors (Lipinski definition) is 1. The fourth-order valence-corrected chi connectivity index (χ4v) is 3.24. The van der Waals surface area contributed by atoms with Crippen LogP contribution < -0.4 is 9.47 Å². The van der Waals surface area contributed by atoms with Crippen molar-refractivity contribution in [3.8, 4) is 11.5 Å². The minimum absolute atomic E-state index is 0.490. The Morgan fingerprint density at radius 3 is 2.33 bits per heavy atom. The van der Waals surface area contributed by atoms with E-state index >= 15 is 0 Å². The quantitative estimate of drug-likeness (QED) is 0.809. The molecule has 0 saturated carbocycles. The summed E-state index contributed by atoms with van der Waals surface area (Å²) in [5, 5.41) is 11.7. The van der Waals surface area contributed by atoms with Gasteiger partial charge in [-0.25, -0.2) is 0 Å². The van der Waals surface area contributed by atoms with Crippen molar-refractivity contribution in [1.82, 2.24) is 0 Å². The number of benzene rings is 2. The molecule has 2 rings (SSSR count). The summed E-state index contributed by atoms with van der Waals surface area (Å²) in [7, 11) is 3.05. The molecule has 6 heteroatoms. The van der Waals surface area contributed by atoms with Crippen LogP contribution in [0.1, 0.15) is 17.2 Å². The summed E-state index contributed by atoms with van der Waals surface area (Å²) in [5.74, 6) is 1.01. The third-order valence-corrected chi connectivity index (χ3v) is 4.07. The number of rotatable bonds is 4. The van der Waals surface area contributed by atoms with Crippen molar-refractivity contribution in [2.75, 3.05) is 14.2 Å². The van der Waals surface area contributed by atoms with E-state index in [-0.39, 0.29) is 0 Å². The molecule has 0 aliphatic rings. The Morgan fingerprint density at radius 2 is 1.71 bits per heavy atom. The van der Waals surface area contributed by atoms with Crippen molar-refractivity contribution >= 4 is 39.1 Å². The number of hydrogen-bond acceptors (Lipinski definition) is 3. The van der Waals surface area contributed by atoms with Gasteiger partial charge in [0.2, 0.25) is 0 Å². The fraction of sp³-hybridized carbons (Fsp3) is 0.200. The van der Waals surface area contributed by atoms with Gasteiger partial charge in [0, 0.05) is 21.2 Å². The van der Waals surface area contributed by atoms with Crippen LogP contribution in [0.15, 0.2) is 34.8 Å². The van der Waals surface area contributed by atoms with Gasteiger partial charge >= 0.3 is 0 Å². The molecule has 1 N–H and O–H groups in total. The van der Waals surface area contributed by atoms with Crippen LogP contribution in [0.4, 0.5) is 0 Å². The minimum atomic E-state index is -0.956. The molecule has 0 heterocycles. The summed E-state index contributed by atoms with van der Waals surface area (Å²) in [4.78, 5) is 0. The molecule has 0 amide bonds. The monoisotopic (exact) mass is 390 g/mol. The lowest BCUT2D eigenvalue weighted by Crippen LogP contribution is -2.05. The van der Waals surface area contributed by atoms with Crippen molar-refractivity contribution in [3.63, 3.8) is 0 Å². The van der Waals surface area contributed by atoms with Crippen LogP contribution in [0.3, 0.4) is 0 Å². The molecule has 2 aromatic rings. The molecule has 0 saturated heterocycles. The first-order chi connectivity index (χ1) is 9.97. The first-order valence-electron chi connectivity index (χ1n) is 6.02. The van der Waals surface area contributed by atoms with Gasteiger partial charge < -0.3 is 14.6 Å². The third-order valence-electron chi connectivity index (χ3n) is 3.03. The van der Waals surface area contributed by atoms with Crippen LogP contribution in [0.2, 0.25) is 10.0 Å². The maximum Gasteiger partial charge on any atom is 0.139 e. The van der Waals surface area contributed by atoms with Gasteiger partial charge in [0.25, 0.3) is 0 Å². The van der Waals surface area contributed by atoms with E-state index < -0.39 is 6.10 Å². The van der Waals surface area contributed by atoms with E-state index in [9.17, 15) is 5.11 Å². The second-order valence-corrected chi connectivity index (χ2v) is 6.03. The normalized spacial score (nSPS) is 12.1. The standard InChI is InChI=1S/C15H13BrCl2O3/c1-20-13-7-8(17)3-4-10(13)14(19)11-5-9(18)6-12(16)15(11)21-2/h3-7,14,19H,1-2H3. The van der Waals surface area contributed by atoms with Crippen LogP contribution >= 0.6 is 39.1 Å². The fourth-order valence-electron chi connectivity index (χ4n) is 2.08. The predicted molar refractivity (Wildman–Crippen MR) is 87.8 cm³/mol. The molecule has 21 heavy (non-hydrogen) atoms. The van der Waals surface area contributed by atoms with Gasteiger partial charge in [-0.1, -0.05) is 29.3 Å². The van der Waals surface area contributed by atoms with Crippen molar-refractivity contribution in [2.24, 2.45) is 0 Å². The molecule has 1 atom stereocenters. The maximum absolute atomic E-state index is 10.7. The van der Waals surface area contributed by atoms with Gasteiger partial charge in [-0.2, -0.15) is 0 Å². The van der Waals surface area contributed by atoms with Crippen LogP contribution in [-0.2, 0) is 0 Å². The molecular formula is C15H13BrCl2O3. The predicted octanol–water partition coefficient (Wildman–Crippen LogP) is 4.85. The number of halogens is 3. The Bertz CT molecular complexity index is 662. The summed E-state index contributed by atoms with van der Waals surface area (Å²) in [5.41, 5.74) is 1.12. The molecule has 0 aliphatic heterocycles. The number of ether oxygens (including phenoxy) is 2. The molecule has 3 nitrogen and oxygen atoms in total. The lowest BCUT2D eigenvalue weighted by Gasteiger charge is -2.19. The van der Waals surface area contributed by atoms with Gasteiger partial charge in [0.1, 0.15) is 17.6 Å². The zero-order valence-electron chi connectivity index (χ0n) is 11.4. The summed E-state index contributed by atoms with van der Waals surface area (Å²) < 4.78 is 11.3. The van der Waals surface area contributed by atoms with E-state index in [1.807, 2.05) is 0 Å². The molecule has 0 bridgehead atoms. The van der Waals surface area contributed by atoms with Gasteiger partial charge in [0.05, 0.1) is 18.7 Å². The van der Waals surface area contributed by atoms with Crippen molar-refractivity contribution in [2.45, 2.75) is 6.10 Å². The van der Waals surface area contributed by atoms with E-state index in [2.05, 4.69) is 15.9 Å². The highest BCUT2D eigenvalue weighted by atomic mass is 79.9. The molecule has 112 valence electrons. The second kappa shape index (κ2) is 6.88. The lowest BCUT2D eigenvalue weighted by atomic mass is 9.99. The number of aliphatic hydroxyl groups is 1. The lowest BCUT2D eigenvalue weighted by molar-refractivity contribution is 0.209. The van der Waals surface area contributed by atoms with Gasteiger partial charge in [-0.3, -0.25) is 0 Å². The molecule has 0 spiro atoms. The highest BCUT2D eigenvalue weighted by Crippen LogP contribution is 2.40. The smallest absolute Gasteiger partial charge is 0.139 e. The summed E-state index contributed by atoms with van der Waals surface area (Å²) in [6.45, 7) is 0. The SMILES string of the molecule is COc1cc(Cl)ccc1C(O)c1cc(Cl)cc(Br)c1OC. The summed E-state index contributed by atoms with van der Waals surface area (Å²) >= 11 is 15.4. The van der Waals surface area contributed by atoms with Crippen molar-refractivity contribution < 1.29 is 14.6 Å². The molecule has 0 aliphatic carbocycles.